The third kappa shape index (κ3) is 6.04. The van der Waals surface area contributed by atoms with Gasteiger partial charge in [0.2, 0.25) is 6.33 Å². The molecule has 0 saturated heterocycles. The largest absolute Gasteiger partial charge is 0.449 e. The normalized spacial score (nSPS) is 11.8. The molecule has 0 atom stereocenters. The first-order valence-corrected chi connectivity index (χ1v) is 19.7. The molecule has 0 aliphatic heterocycles. The van der Waals surface area contributed by atoms with Crippen molar-refractivity contribution in [1.29, 1.82) is 0 Å². The zero-order chi connectivity index (χ0) is 38.5. The number of pyridine rings is 1. The summed E-state index contributed by atoms with van der Waals surface area (Å²) in [6, 6.07) is 69.5. The first-order valence-electron chi connectivity index (χ1n) is 19.7. The Kier molecular flexibility index (Phi) is 8.45. The van der Waals surface area contributed by atoms with Crippen LogP contribution >= 0.6 is 0 Å². The molecular formula is C52H41BN4. The number of benzene rings is 7. The van der Waals surface area contributed by atoms with Crippen LogP contribution in [0.1, 0.15) is 26.3 Å². The highest BCUT2D eigenvalue weighted by atomic mass is 15.1. The number of nitrogens with zero attached hydrogens (tertiary/aromatic N) is 4. The van der Waals surface area contributed by atoms with Crippen LogP contribution in [0.3, 0.4) is 0 Å². The second kappa shape index (κ2) is 14.0. The second-order valence-corrected chi connectivity index (χ2v) is 15.8. The molecule has 0 radical (unpaired) electrons. The number of rotatable bonds is 7. The summed E-state index contributed by atoms with van der Waals surface area (Å²) in [5, 5.41) is 2.42. The molecule has 272 valence electrons. The van der Waals surface area contributed by atoms with Crippen molar-refractivity contribution >= 4 is 50.7 Å². The molecule has 10 aromatic rings. The van der Waals surface area contributed by atoms with E-state index in [-0.39, 0.29) is 12.3 Å². The van der Waals surface area contributed by atoms with Crippen LogP contribution in [0.5, 0.6) is 0 Å². The monoisotopic (exact) mass is 732 g/mol. The molecule has 57 heavy (non-hydrogen) atoms. The second-order valence-electron chi connectivity index (χ2n) is 15.8. The quantitative estimate of drug-likeness (QED) is 0.118. The van der Waals surface area contributed by atoms with Crippen LogP contribution in [-0.4, -0.2) is 21.0 Å². The van der Waals surface area contributed by atoms with Crippen LogP contribution in [0.4, 0.5) is 0 Å². The summed E-state index contributed by atoms with van der Waals surface area (Å²) >= 11 is 0. The maximum absolute atomic E-state index is 5.81. The van der Waals surface area contributed by atoms with Crippen LogP contribution in [-0.2, 0) is 5.41 Å². The van der Waals surface area contributed by atoms with Gasteiger partial charge in [0.15, 0.2) is 0 Å². The first-order chi connectivity index (χ1) is 27.9. The van der Waals surface area contributed by atoms with Gasteiger partial charge in [0.05, 0.1) is 27.8 Å². The maximum Gasteiger partial charge on any atom is 0.449 e. The minimum atomic E-state index is -0.388. The average molecular weight is 733 g/mol. The summed E-state index contributed by atoms with van der Waals surface area (Å²) in [7, 11) is 0. The summed E-state index contributed by atoms with van der Waals surface area (Å²) in [6.45, 7) is 6.50. The molecule has 0 aliphatic rings. The van der Waals surface area contributed by atoms with Crippen LogP contribution in [0, 0.1) is 6.33 Å². The fourth-order valence-corrected chi connectivity index (χ4v) is 8.44. The summed E-state index contributed by atoms with van der Waals surface area (Å²) in [4.78, 5) is 5.81. The molecule has 0 spiro atoms. The standard InChI is InChI=1S/C52H41BN4/c1-52(2,3)39-34-49(54-50(35-39)57-45-30-15-13-26-43(45)44-27-14-16-31-46(44)57)53(56-36-55(40-24-11-6-12-25-40)47-32-17-18-33-48(47)56)51-41(37-20-7-4-8-21-37)28-19-29-42(51)38-22-9-5-10-23-38/h4-35H,1-3H3. The molecule has 3 heterocycles. The van der Waals surface area contributed by atoms with Crippen molar-refractivity contribution in [2.75, 3.05) is 0 Å². The highest BCUT2D eigenvalue weighted by Crippen LogP contribution is 2.33. The lowest BCUT2D eigenvalue weighted by molar-refractivity contribution is -0.508. The third-order valence-electron chi connectivity index (χ3n) is 11.2. The van der Waals surface area contributed by atoms with E-state index in [1.165, 1.54) is 21.8 Å². The Labute approximate surface area is 334 Å². The highest BCUT2D eigenvalue weighted by Gasteiger charge is 2.37. The smallest absolute Gasteiger partial charge is 0.370 e. The van der Waals surface area contributed by atoms with Gasteiger partial charge in [-0.25, -0.2) is 4.98 Å². The predicted octanol–water partition coefficient (Wildman–Crippen LogP) is 10.5. The van der Waals surface area contributed by atoms with Crippen molar-refractivity contribution in [3.63, 3.8) is 0 Å². The van der Waals surface area contributed by atoms with Crippen LogP contribution < -0.4 is 15.5 Å². The van der Waals surface area contributed by atoms with Crippen molar-refractivity contribution < 1.29 is 4.48 Å². The summed E-state index contributed by atoms with van der Waals surface area (Å²) in [5.74, 6) is 0.894. The molecule has 4 nitrogen and oxygen atoms in total. The Morgan fingerprint density at radius 1 is 0.526 bits per heavy atom. The summed E-state index contributed by atoms with van der Waals surface area (Å²) in [5.41, 5.74) is 13.2. The molecule has 0 N–H and O–H groups in total. The lowest BCUT2D eigenvalue weighted by atomic mass is 9.49. The topological polar surface area (TPSA) is 26.6 Å². The van der Waals surface area contributed by atoms with E-state index >= 15 is 0 Å². The van der Waals surface area contributed by atoms with Gasteiger partial charge in [-0.05, 0) is 63.0 Å². The van der Waals surface area contributed by atoms with Crippen molar-refractivity contribution in [2.45, 2.75) is 26.2 Å². The molecule has 7 aromatic carbocycles. The molecule has 5 heteroatoms. The Hall–Kier alpha value is -6.98. The summed E-state index contributed by atoms with van der Waals surface area (Å²) < 4.78 is 6.88. The van der Waals surface area contributed by atoms with Gasteiger partial charge in [0.1, 0.15) is 5.82 Å². The van der Waals surface area contributed by atoms with E-state index in [1.807, 2.05) is 0 Å². The lowest BCUT2D eigenvalue weighted by Crippen LogP contribution is -2.67. The number of hydrogen-bond acceptors (Lipinski definition) is 1. The molecule has 0 fully saturated rings. The average Bonchev–Trinajstić information content (AvgIpc) is 3.81. The van der Waals surface area contributed by atoms with Crippen molar-refractivity contribution in [3.8, 4) is 33.8 Å². The Balaban J connectivity index is 1.36. The Morgan fingerprint density at radius 2 is 1.04 bits per heavy atom. The number of aromatic nitrogens is 4. The Morgan fingerprint density at radius 3 is 1.61 bits per heavy atom. The lowest BCUT2D eigenvalue weighted by Gasteiger charge is -2.25. The zero-order valence-corrected chi connectivity index (χ0v) is 32.3. The fourth-order valence-electron chi connectivity index (χ4n) is 8.44. The van der Waals surface area contributed by atoms with E-state index in [0.29, 0.717) is 0 Å². The Bertz CT molecular complexity index is 2940. The number of hydrogen-bond donors (Lipinski definition) is 0. The van der Waals surface area contributed by atoms with E-state index < -0.39 is 0 Å². The number of para-hydroxylation sites is 5. The molecule has 0 saturated carbocycles. The van der Waals surface area contributed by atoms with Gasteiger partial charge in [-0.1, -0.05) is 191 Å². The van der Waals surface area contributed by atoms with E-state index in [1.54, 1.807) is 0 Å². The molecule has 0 aliphatic carbocycles. The van der Waals surface area contributed by atoms with E-state index in [4.69, 9.17) is 4.98 Å². The van der Waals surface area contributed by atoms with Crippen molar-refractivity contribution in [2.24, 2.45) is 0 Å². The van der Waals surface area contributed by atoms with Gasteiger partial charge < -0.3 is 9.05 Å². The van der Waals surface area contributed by atoms with Crippen molar-refractivity contribution in [1.82, 2.24) is 14.1 Å². The van der Waals surface area contributed by atoms with E-state index in [2.05, 4.69) is 235 Å². The molecule has 10 rings (SSSR count). The molecular weight excluding hydrogens is 691 g/mol. The molecule has 0 unspecified atom stereocenters. The first kappa shape index (κ1) is 34.5. The van der Waals surface area contributed by atoms with Gasteiger partial charge in [0, 0.05) is 16.3 Å². The van der Waals surface area contributed by atoms with Gasteiger partial charge in [-0.3, -0.25) is 4.57 Å². The molecule has 0 amide bonds. The van der Waals surface area contributed by atoms with Crippen molar-refractivity contribution in [3.05, 3.63) is 206 Å². The SMILES string of the molecule is CC(C)(C)c1cc(B(c2c(-c3ccccc3)cccc2-c2ccccc2)[n+]2[c-]n(-c3ccccc3)c3ccccc32)nc(-n2c3ccccc3c3ccccc32)c1. The minimum absolute atomic E-state index is 0.177. The minimum Gasteiger partial charge on any atom is -0.370 e. The third-order valence-corrected chi connectivity index (χ3v) is 11.2. The van der Waals surface area contributed by atoms with Crippen LogP contribution in [0.15, 0.2) is 194 Å². The van der Waals surface area contributed by atoms with Gasteiger partial charge in [-0.2, -0.15) is 0 Å². The predicted molar refractivity (Wildman–Crippen MR) is 237 cm³/mol. The van der Waals surface area contributed by atoms with Gasteiger partial charge >= 0.3 is 6.85 Å². The molecule has 0 bridgehead atoms. The van der Waals surface area contributed by atoms with Gasteiger partial charge in [0.25, 0.3) is 0 Å². The number of fused-ring (bicyclic) bond motifs is 4. The number of imidazole rings is 1. The highest BCUT2D eigenvalue weighted by molar-refractivity contribution is 6.80. The van der Waals surface area contributed by atoms with Gasteiger partial charge in [-0.15, -0.1) is 0 Å². The van der Waals surface area contributed by atoms with E-state index in [0.717, 1.165) is 61.4 Å². The fraction of sp³-hybridized carbons (Fsp3) is 0.0769. The van der Waals surface area contributed by atoms with Crippen LogP contribution in [0.2, 0.25) is 0 Å². The molecule has 3 aromatic heterocycles. The van der Waals surface area contributed by atoms with E-state index in [9.17, 15) is 0 Å². The summed E-state index contributed by atoms with van der Waals surface area (Å²) in [6.07, 6.45) is 3.92. The maximum atomic E-state index is 5.81. The van der Waals surface area contributed by atoms with Crippen LogP contribution in [0.25, 0.3) is 66.6 Å². The zero-order valence-electron chi connectivity index (χ0n) is 32.3.